The van der Waals surface area contributed by atoms with Crippen LogP contribution in [0.3, 0.4) is 0 Å². The van der Waals surface area contributed by atoms with Crippen molar-refractivity contribution in [2.75, 3.05) is 0 Å². The summed E-state index contributed by atoms with van der Waals surface area (Å²) < 4.78 is 2.09. The minimum atomic E-state index is 1.07. The van der Waals surface area contributed by atoms with E-state index in [0.717, 1.165) is 5.56 Å². The van der Waals surface area contributed by atoms with Crippen LogP contribution in [0.4, 0.5) is 0 Å². The molecular weight excluding hydrogens is 416 g/mol. The molecule has 5 aromatic carbocycles. The number of rotatable bonds is 0. The molecule has 5 rings (SSSR count). The van der Waals surface area contributed by atoms with Gasteiger partial charge in [0.15, 0.2) is 0 Å². The number of hydrogen-bond acceptors (Lipinski definition) is 0. The van der Waals surface area contributed by atoms with Crippen molar-refractivity contribution in [3.8, 4) is 0 Å². The maximum atomic E-state index is 3.72. The van der Waals surface area contributed by atoms with Crippen molar-refractivity contribution < 1.29 is 24.2 Å². The SMILES string of the molecule is C[CH]=[Zr].[CH2-]c1ccccc1.c1ccc2[cH-]ccc2c1.c1ccc2[cH-]ccc2c1. The van der Waals surface area contributed by atoms with Crippen LogP contribution in [-0.4, -0.2) is 3.71 Å². The molecule has 0 radical (unpaired) electrons. The fourth-order valence-corrected chi connectivity index (χ4v) is 2.62. The third-order valence-electron chi connectivity index (χ3n) is 3.94. The van der Waals surface area contributed by atoms with Gasteiger partial charge >= 0.3 is 34.9 Å². The van der Waals surface area contributed by atoms with Gasteiger partial charge in [-0.1, -0.05) is 18.2 Å². The molecule has 0 saturated heterocycles. The third-order valence-corrected chi connectivity index (χ3v) is 3.94. The Kier molecular flexibility index (Phi) is 9.97. The zero-order valence-electron chi connectivity index (χ0n) is 16.3. The molecule has 0 spiro atoms. The molecule has 1 heteroatoms. The molecule has 0 amide bonds. The summed E-state index contributed by atoms with van der Waals surface area (Å²) in [4.78, 5) is 0. The van der Waals surface area contributed by atoms with E-state index >= 15 is 0 Å². The third kappa shape index (κ3) is 7.63. The van der Waals surface area contributed by atoms with Gasteiger partial charge in [-0.25, -0.2) is 0 Å². The minimum Gasteiger partial charge on any atom is -0.199 e. The standard InChI is InChI=1S/2C9H7.C7H7.C2H4.Zr/c2*1-2-5-9-7-3-6-8(9)4-1;1-7-5-3-2-4-6-7;1-2;/h2*1-7H;2-6H,1H2;1H,2H3;/q3*-1;;. The summed E-state index contributed by atoms with van der Waals surface area (Å²) in [5.41, 5.74) is 1.07. The maximum absolute atomic E-state index is 3.72. The van der Waals surface area contributed by atoms with E-state index in [4.69, 9.17) is 0 Å². The Hall–Kier alpha value is -2.50. The van der Waals surface area contributed by atoms with Gasteiger partial charge in [-0.2, -0.15) is 59.7 Å². The summed E-state index contributed by atoms with van der Waals surface area (Å²) in [6, 6.07) is 39.2. The molecule has 0 atom stereocenters. The van der Waals surface area contributed by atoms with Crippen LogP contribution in [0.15, 0.2) is 115 Å². The van der Waals surface area contributed by atoms with Gasteiger partial charge in [0.25, 0.3) is 0 Å². The number of benzene rings is 3. The number of hydrogen-bond donors (Lipinski definition) is 0. The van der Waals surface area contributed by atoms with Gasteiger partial charge in [-0.15, -0.1) is 71.4 Å². The van der Waals surface area contributed by atoms with E-state index in [-0.39, 0.29) is 0 Å². The van der Waals surface area contributed by atoms with E-state index in [2.05, 4.69) is 95.6 Å². The summed E-state index contributed by atoms with van der Waals surface area (Å²) in [5, 5.41) is 5.32. The summed E-state index contributed by atoms with van der Waals surface area (Å²) in [5.74, 6) is 0. The summed E-state index contributed by atoms with van der Waals surface area (Å²) >= 11 is 1.51. The van der Waals surface area contributed by atoms with Crippen LogP contribution in [0.25, 0.3) is 21.5 Å². The molecule has 0 fully saturated rings. The Balaban J connectivity index is 0.000000142. The van der Waals surface area contributed by atoms with Crippen molar-refractivity contribution in [2.24, 2.45) is 0 Å². The van der Waals surface area contributed by atoms with Gasteiger partial charge in [0.2, 0.25) is 0 Å². The molecule has 140 valence electrons. The number of fused-ring (bicyclic) bond motifs is 2. The van der Waals surface area contributed by atoms with Crippen molar-refractivity contribution in [3.05, 3.63) is 128 Å². The first-order valence-electron chi connectivity index (χ1n) is 9.27. The predicted molar refractivity (Wildman–Crippen MR) is 122 cm³/mol. The average Bonchev–Trinajstić information content (AvgIpc) is 3.39. The van der Waals surface area contributed by atoms with E-state index in [9.17, 15) is 0 Å². The minimum absolute atomic E-state index is 1.07. The second kappa shape index (κ2) is 12.8. The first-order chi connectivity index (χ1) is 13.7. The summed E-state index contributed by atoms with van der Waals surface area (Å²) in [7, 11) is 0. The summed E-state index contributed by atoms with van der Waals surface area (Å²) in [6.45, 7) is 5.76. The normalized spacial score (nSPS) is 9.14. The van der Waals surface area contributed by atoms with Gasteiger partial charge in [0, 0.05) is 0 Å². The smallest absolute Gasteiger partial charge is 0.0809 e. The monoisotopic (exact) mass is 439 g/mol. The van der Waals surface area contributed by atoms with Crippen molar-refractivity contribution in [1.29, 1.82) is 0 Å². The summed E-state index contributed by atoms with van der Waals surface area (Å²) in [6.07, 6.45) is 0. The Morgan fingerprint density at radius 1 is 0.643 bits per heavy atom. The Labute approximate surface area is 183 Å². The predicted octanol–water partition coefficient (Wildman–Crippen LogP) is 7.34. The van der Waals surface area contributed by atoms with Gasteiger partial charge in [0.05, 0.1) is 0 Å². The largest absolute Gasteiger partial charge is 0.199 e. The molecule has 0 N–H and O–H groups in total. The van der Waals surface area contributed by atoms with E-state index in [1.54, 1.807) is 0 Å². The van der Waals surface area contributed by atoms with Crippen LogP contribution < -0.4 is 0 Å². The molecular formula is C27H25Zr-3. The van der Waals surface area contributed by atoms with Gasteiger partial charge in [-0.3, -0.25) is 0 Å². The Morgan fingerprint density at radius 3 is 1.39 bits per heavy atom. The average molecular weight is 441 g/mol. The molecule has 0 saturated carbocycles. The second-order valence-corrected chi connectivity index (χ2v) is 7.50. The molecule has 5 aromatic rings. The maximum Gasteiger partial charge on any atom is -0.0809 e. The van der Waals surface area contributed by atoms with Crippen LogP contribution >= 0.6 is 0 Å². The zero-order valence-corrected chi connectivity index (χ0v) is 18.7. The van der Waals surface area contributed by atoms with E-state index in [1.807, 2.05) is 37.3 Å². The first kappa shape index (κ1) is 21.8. The Bertz CT molecular complexity index is 925. The molecule has 0 heterocycles. The van der Waals surface area contributed by atoms with Gasteiger partial charge in [0.1, 0.15) is 0 Å². The van der Waals surface area contributed by atoms with Crippen LogP contribution in [0.2, 0.25) is 0 Å². The first-order valence-corrected chi connectivity index (χ1v) is 10.7. The van der Waals surface area contributed by atoms with Crippen molar-refractivity contribution >= 4 is 25.3 Å². The van der Waals surface area contributed by atoms with Crippen LogP contribution in [0.1, 0.15) is 12.5 Å². The van der Waals surface area contributed by atoms with E-state index < -0.39 is 0 Å². The van der Waals surface area contributed by atoms with Crippen LogP contribution in [0, 0.1) is 6.92 Å². The van der Waals surface area contributed by atoms with Crippen molar-refractivity contribution in [2.45, 2.75) is 6.92 Å². The zero-order chi connectivity index (χ0) is 20.0. The molecule has 28 heavy (non-hydrogen) atoms. The molecule has 0 aromatic heterocycles. The molecule has 0 nitrogen and oxygen atoms in total. The van der Waals surface area contributed by atoms with Crippen LogP contribution in [-0.2, 0) is 24.2 Å². The van der Waals surface area contributed by atoms with E-state index in [0.29, 0.717) is 0 Å². The van der Waals surface area contributed by atoms with Crippen LogP contribution in [0.5, 0.6) is 0 Å². The fourth-order valence-electron chi connectivity index (χ4n) is 2.62. The molecule has 0 aliphatic heterocycles. The van der Waals surface area contributed by atoms with Gasteiger partial charge < -0.3 is 0 Å². The topological polar surface area (TPSA) is 0 Å². The van der Waals surface area contributed by atoms with Crippen molar-refractivity contribution in [1.82, 2.24) is 0 Å². The Morgan fingerprint density at radius 2 is 1.04 bits per heavy atom. The van der Waals surface area contributed by atoms with Crippen molar-refractivity contribution in [3.63, 3.8) is 0 Å². The molecule has 0 unspecified atom stereocenters. The fraction of sp³-hybridized carbons (Fsp3) is 0.0370. The molecule has 0 bridgehead atoms. The van der Waals surface area contributed by atoms with E-state index in [1.165, 1.54) is 45.8 Å². The quantitative estimate of drug-likeness (QED) is 0.221. The molecule has 0 aliphatic carbocycles. The van der Waals surface area contributed by atoms with Gasteiger partial charge in [-0.05, 0) is 0 Å². The second-order valence-electron chi connectivity index (χ2n) is 6.08. The molecule has 0 aliphatic rings.